The van der Waals surface area contributed by atoms with Gasteiger partial charge in [-0.15, -0.1) is 0 Å². The Morgan fingerprint density at radius 3 is 2.50 bits per heavy atom. The Morgan fingerprint density at radius 1 is 1.05 bits per heavy atom. The highest BCUT2D eigenvalue weighted by atomic mass is 16.3. The van der Waals surface area contributed by atoms with E-state index in [9.17, 15) is 15.0 Å². The van der Waals surface area contributed by atoms with E-state index in [4.69, 9.17) is 0 Å². The lowest BCUT2D eigenvalue weighted by Crippen LogP contribution is -2.15. The van der Waals surface area contributed by atoms with Crippen LogP contribution in [0.5, 0.6) is 5.75 Å². The van der Waals surface area contributed by atoms with Crippen LogP contribution in [-0.4, -0.2) is 20.2 Å². The van der Waals surface area contributed by atoms with Gasteiger partial charge in [0.1, 0.15) is 17.7 Å². The van der Waals surface area contributed by atoms with Gasteiger partial charge in [0.05, 0.1) is 10.9 Å². The third-order valence-electron chi connectivity index (χ3n) is 3.10. The minimum Gasteiger partial charge on any atom is -0.508 e. The SMILES string of the molecule is O=c1[nH]c(C(O)c2ccc(O)cc2)nc2ccccc12. The normalized spacial score (nSPS) is 12.4. The molecule has 1 heterocycles. The number of aliphatic hydroxyl groups is 1. The van der Waals surface area contributed by atoms with Crippen LogP contribution in [0.25, 0.3) is 10.9 Å². The molecular formula is C15H12N2O3. The minimum atomic E-state index is -1.05. The third-order valence-corrected chi connectivity index (χ3v) is 3.10. The molecule has 0 radical (unpaired) electrons. The lowest BCUT2D eigenvalue weighted by Gasteiger charge is -2.11. The number of nitrogens with one attached hydrogen (secondary N) is 1. The maximum absolute atomic E-state index is 11.9. The van der Waals surface area contributed by atoms with Crippen LogP contribution in [0.2, 0.25) is 0 Å². The largest absolute Gasteiger partial charge is 0.508 e. The minimum absolute atomic E-state index is 0.112. The number of hydrogen-bond acceptors (Lipinski definition) is 4. The summed E-state index contributed by atoms with van der Waals surface area (Å²) in [4.78, 5) is 18.8. The first-order chi connectivity index (χ1) is 9.65. The van der Waals surface area contributed by atoms with Gasteiger partial charge in [0.15, 0.2) is 0 Å². The fraction of sp³-hybridized carbons (Fsp3) is 0.0667. The number of H-pyrrole nitrogens is 1. The van der Waals surface area contributed by atoms with E-state index in [-0.39, 0.29) is 17.1 Å². The molecule has 2 aromatic carbocycles. The maximum atomic E-state index is 11.9. The van der Waals surface area contributed by atoms with Crippen LogP contribution in [0, 0.1) is 0 Å². The van der Waals surface area contributed by atoms with Crippen molar-refractivity contribution >= 4 is 10.9 Å². The third kappa shape index (κ3) is 2.15. The van der Waals surface area contributed by atoms with E-state index in [1.807, 2.05) is 0 Å². The molecule has 0 bridgehead atoms. The predicted octanol–water partition coefficient (Wildman–Crippen LogP) is 1.71. The molecule has 0 aliphatic rings. The Kier molecular flexibility index (Phi) is 2.96. The second kappa shape index (κ2) is 4.79. The monoisotopic (exact) mass is 268 g/mol. The Hall–Kier alpha value is -2.66. The quantitative estimate of drug-likeness (QED) is 0.660. The average molecular weight is 268 g/mol. The first kappa shape index (κ1) is 12.4. The van der Waals surface area contributed by atoms with Gasteiger partial charge < -0.3 is 15.2 Å². The van der Waals surface area contributed by atoms with Crippen molar-refractivity contribution in [3.05, 3.63) is 70.3 Å². The summed E-state index contributed by atoms with van der Waals surface area (Å²) >= 11 is 0. The van der Waals surface area contributed by atoms with Crippen LogP contribution in [0.4, 0.5) is 0 Å². The van der Waals surface area contributed by atoms with E-state index in [1.54, 1.807) is 36.4 Å². The topological polar surface area (TPSA) is 86.2 Å². The highest BCUT2D eigenvalue weighted by Crippen LogP contribution is 2.21. The van der Waals surface area contributed by atoms with Gasteiger partial charge >= 0.3 is 0 Å². The summed E-state index contributed by atoms with van der Waals surface area (Å²) in [7, 11) is 0. The van der Waals surface area contributed by atoms with Gasteiger partial charge in [-0.1, -0.05) is 24.3 Å². The molecule has 100 valence electrons. The van der Waals surface area contributed by atoms with Gasteiger partial charge in [0.2, 0.25) is 0 Å². The lowest BCUT2D eigenvalue weighted by atomic mass is 10.1. The van der Waals surface area contributed by atoms with Crippen LogP contribution in [0.3, 0.4) is 0 Å². The summed E-state index contributed by atoms with van der Waals surface area (Å²) in [6.45, 7) is 0. The second-order valence-corrected chi connectivity index (χ2v) is 4.46. The number of phenols is 1. The molecule has 0 saturated heterocycles. The molecule has 5 heteroatoms. The van der Waals surface area contributed by atoms with E-state index in [1.165, 1.54) is 12.1 Å². The van der Waals surface area contributed by atoms with Gasteiger partial charge in [-0.3, -0.25) is 4.79 Å². The molecule has 1 unspecified atom stereocenters. The van der Waals surface area contributed by atoms with Crippen LogP contribution in [-0.2, 0) is 0 Å². The molecule has 0 aliphatic carbocycles. The van der Waals surface area contributed by atoms with Crippen LogP contribution >= 0.6 is 0 Å². The second-order valence-electron chi connectivity index (χ2n) is 4.46. The van der Waals surface area contributed by atoms with Crippen molar-refractivity contribution in [3.8, 4) is 5.75 Å². The number of hydrogen-bond donors (Lipinski definition) is 3. The molecule has 0 aliphatic heterocycles. The summed E-state index contributed by atoms with van der Waals surface area (Å²) in [5.74, 6) is 0.292. The molecular weight excluding hydrogens is 256 g/mol. The number of aromatic hydroxyl groups is 1. The fourth-order valence-corrected chi connectivity index (χ4v) is 2.05. The number of aromatic amines is 1. The predicted molar refractivity (Wildman–Crippen MR) is 74.5 cm³/mol. The molecule has 3 aromatic rings. The number of phenolic OH excluding ortho intramolecular Hbond substituents is 1. The van der Waals surface area contributed by atoms with Crippen molar-refractivity contribution in [3.63, 3.8) is 0 Å². The van der Waals surface area contributed by atoms with Crippen LogP contribution in [0.1, 0.15) is 17.5 Å². The van der Waals surface area contributed by atoms with Crippen molar-refractivity contribution in [1.29, 1.82) is 0 Å². The number of fused-ring (bicyclic) bond motifs is 1. The fourth-order valence-electron chi connectivity index (χ4n) is 2.05. The van der Waals surface area contributed by atoms with Gasteiger partial charge in [0.25, 0.3) is 5.56 Å². The Labute approximate surface area is 114 Å². The molecule has 0 fully saturated rings. The summed E-state index contributed by atoms with van der Waals surface area (Å²) < 4.78 is 0. The van der Waals surface area contributed by atoms with Crippen molar-refractivity contribution in [2.24, 2.45) is 0 Å². The van der Waals surface area contributed by atoms with E-state index in [0.29, 0.717) is 16.5 Å². The summed E-state index contributed by atoms with van der Waals surface area (Å²) in [5.41, 5.74) is 0.786. The molecule has 5 nitrogen and oxygen atoms in total. The smallest absolute Gasteiger partial charge is 0.258 e. The molecule has 1 aromatic heterocycles. The zero-order chi connectivity index (χ0) is 14.1. The first-order valence-electron chi connectivity index (χ1n) is 6.11. The lowest BCUT2D eigenvalue weighted by molar-refractivity contribution is 0.210. The Morgan fingerprint density at radius 2 is 1.75 bits per heavy atom. The zero-order valence-corrected chi connectivity index (χ0v) is 10.4. The Bertz CT molecular complexity index is 809. The molecule has 20 heavy (non-hydrogen) atoms. The molecule has 1 atom stereocenters. The molecule has 0 amide bonds. The van der Waals surface area contributed by atoms with Crippen LogP contribution < -0.4 is 5.56 Å². The van der Waals surface area contributed by atoms with Gasteiger partial charge in [-0.05, 0) is 29.8 Å². The number of benzene rings is 2. The van der Waals surface area contributed by atoms with Crippen molar-refractivity contribution in [2.75, 3.05) is 0 Å². The van der Waals surface area contributed by atoms with Gasteiger partial charge in [-0.2, -0.15) is 0 Å². The van der Waals surface area contributed by atoms with E-state index >= 15 is 0 Å². The summed E-state index contributed by atoms with van der Waals surface area (Å²) in [6, 6.07) is 13.0. The van der Waals surface area contributed by atoms with E-state index in [2.05, 4.69) is 9.97 Å². The molecule has 3 N–H and O–H groups in total. The summed E-state index contributed by atoms with van der Waals surface area (Å²) in [6.07, 6.45) is -1.05. The summed E-state index contributed by atoms with van der Waals surface area (Å²) in [5, 5.41) is 20.0. The Balaban J connectivity index is 2.10. The zero-order valence-electron chi connectivity index (χ0n) is 10.4. The number of rotatable bonds is 2. The molecule has 0 spiro atoms. The van der Waals surface area contributed by atoms with Crippen molar-refractivity contribution < 1.29 is 10.2 Å². The van der Waals surface area contributed by atoms with E-state index in [0.717, 1.165) is 0 Å². The average Bonchev–Trinajstić information content (AvgIpc) is 2.47. The molecule has 0 saturated carbocycles. The number of para-hydroxylation sites is 1. The van der Waals surface area contributed by atoms with E-state index < -0.39 is 6.10 Å². The first-order valence-corrected chi connectivity index (χ1v) is 6.11. The van der Waals surface area contributed by atoms with Crippen molar-refractivity contribution in [1.82, 2.24) is 9.97 Å². The number of aromatic nitrogens is 2. The van der Waals surface area contributed by atoms with Gasteiger partial charge in [-0.25, -0.2) is 4.98 Å². The highest BCUT2D eigenvalue weighted by molar-refractivity contribution is 5.77. The number of aliphatic hydroxyl groups excluding tert-OH is 1. The number of nitrogens with zero attached hydrogens (tertiary/aromatic N) is 1. The van der Waals surface area contributed by atoms with Gasteiger partial charge in [0, 0.05) is 0 Å². The van der Waals surface area contributed by atoms with Crippen molar-refractivity contribution in [2.45, 2.75) is 6.10 Å². The standard InChI is InChI=1S/C15H12N2O3/c18-10-7-5-9(6-8-10)13(19)14-16-12-4-2-1-3-11(12)15(20)17-14/h1-8,13,18-19H,(H,16,17,20). The highest BCUT2D eigenvalue weighted by Gasteiger charge is 2.14. The van der Waals surface area contributed by atoms with Crippen LogP contribution in [0.15, 0.2) is 53.3 Å². The molecule has 3 rings (SSSR count). The maximum Gasteiger partial charge on any atom is 0.258 e.